The number of benzene rings is 3. The molecule has 1 heterocycles. The minimum atomic E-state index is -0.829. The zero-order valence-corrected chi connectivity index (χ0v) is 21.8. The maximum Gasteiger partial charge on any atom is 0.318 e. The Kier molecular flexibility index (Phi) is 8.09. The summed E-state index contributed by atoms with van der Waals surface area (Å²) in [6.45, 7) is 1.39. The molecule has 0 aromatic heterocycles. The minimum Gasteiger partial charge on any atom is -0.493 e. The summed E-state index contributed by atoms with van der Waals surface area (Å²) in [6.07, 6.45) is 1.33. The first-order chi connectivity index (χ1) is 19.1. The van der Waals surface area contributed by atoms with Crippen LogP contribution in [0.4, 0.5) is 21.9 Å². The Morgan fingerprint density at radius 3 is 2.40 bits per heavy atom. The predicted molar refractivity (Wildman–Crippen MR) is 145 cm³/mol. The van der Waals surface area contributed by atoms with Crippen LogP contribution in [0.1, 0.15) is 11.1 Å². The average molecular weight is 565 g/mol. The van der Waals surface area contributed by atoms with Gasteiger partial charge in [-0.2, -0.15) is 0 Å². The van der Waals surface area contributed by atoms with Gasteiger partial charge in [0.05, 0.1) is 27.9 Å². The van der Waals surface area contributed by atoms with Crippen LogP contribution in [0.5, 0.6) is 17.2 Å². The standard InChI is InChI=1S/C26H20N4O9S/c1-15-6-8-17(9-7-15)27-23(31)14-28-25(32)22(40-26(28)33)12-16-4-3-5-21(38-2)24(16)39-20-11-10-18(29(34)35)13-19(20)30(36)37/h3-13H,14H2,1-2H3,(H,27,31)/b22-12+. The lowest BCUT2D eigenvalue weighted by Gasteiger charge is -2.14. The van der Waals surface area contributed by atoms with E-state index in [1.807, 2.05) is 6.92 Å². The number of para-hydroxylation sites is 1. The highest BCUT2D eigenvalue weighted by atomic mass is 32.2. The minimum absolute atomic E-state index is 0.0237. The van der Waals surface area contributed by atoms with Gasteiger partial charge in [-0.1, -0.05) is 29.8 Å². The molecule has 204 valence electrons. The van der Waals surface area contributed by atoms with Crippen LogP contribution in [0.2, 0.25) is 0 Å². The molecular formula is C26H20N4O9S. The first-order valence-corrected chi connectivity index (χ1v) is 12.3. The zero-order valence-electron chi connectivity index (χ0n) is 21.0. The molecule has 0 saturated carbocycles. The molecule has 1 aliphatic rings. The number of aryl methyl sites for hydroxylation is 1. The van der Waals surface area contributed by atoms with Gasteiger partial charge in [-0.3, -0.25) is 39.5 Å². The third kappa shape index (κ3) is 6.07. The number of carbonyl (C=O) groups excluding carboxylic acids is 3. The molecule has 0 unspecified atom stereocenters. The summed E-state index contributed by atoms with van der Waals surface area (Å²) in [7, 11) is 1.33. The Bertz CT molecular complexity index is 1570. The van der Waals surface area contributed by atoms with Crippen LogP contribution in [0, 0.1) is 27.2 Å². The molecule has 4 rings (SSSR count). The highest BCUT2D eigenvalue weighted by molar-refractivity contribution is 8.18. The van der Waals surface area contributed by atoms with Crippen LogP contribution < -0.4 is 14.8 Å². The van der Waals surface area contributed by atoms with Crippen LogP contribution in [-0.2, 0) is 9.59 Å². The quantitative estimate of drug-likeness (QED) is 0.205. The van der Waals surface area contributed by atoms with E-state index in [4.69, 9.17) is 9.47 Å². The predicted octanol–water partition coefficient (Wildman–Crippen LogP) is 5.29. The van der Waals surface area contributed by atoms with Gasteiger partial charge in [0, 0.05) is 17.3 Å². The Morgan fingerprint density at radius 1 is 1.02 bits per heavy atom. The van der Waals surface area contributed by atoms with Gasteiger partial charge < -0.3 is 14.8 Å². The molecule has 1 saturated heterocycles. The number of hydrogen-bond donors (Lipinski definition) is 1. The molecule has 1 fully saturated rings. The number of nitrogens with zero attached hydrogens (tertiary/aromatic N) is 3. The highest BCUT2D eigenvalue weighted by Gasteiger charge is 2.36. The molecule has 1 N–H and O–H groups in total. The molecule has 0 aliphatic carbocycles. The molecule has 14 heteroatoms. The van der Waals surface area contributed by atoms with Gasteiger partial charge in [-0.25, -0.2) is 0 Å². The van der Waals surface area contributed by atoms with E-state index in [9.17, 15) is 34.6 Å². The van der Waals surface area contributed by atoms with Gasteiger partial charge in [-0.15, -0.1) is 0 Å². The fraction of sp³-hybridized carbons (Fsp3) is 0.115. The van der Waals surface area contributed by atoms with Crippen molar-refractivity contribution in [1.82, 2.24) is 4.90 Å². The van der Waals surface area contributed by atoms with E-state index in [-0.39, 0.29) is 27.7 Å². The zero-order chi connectivity index (χ0) is 29.0. The number of anilines is 1. The number of nitro benzene ring substituents is 2. The summed E-state index contributed by atoms with van der Waals surface area (Å²) in [5.74, 6) is -1.49. The fourth-order valence-electron chi connectivity index (χ4n) is 3.63. The summed E-state index contributed by atoms with van der Waals surface area (Å²) >= 11 is 0.608. The number of methoxy groups -OCH3 is 1. The van der Waals surface area contributed by atoms with E-state index in [0.717, 1.165) is 28.7 Å². The van der Waals surface area contributed by atoms with E-state index in [0.29, 0.717) is 17.4 Å². The number of amides is 3. The second-order valence-electron chi connectivity index (χ2n) is 8.33. The van der Waals surface area contributed by atoms with Gasteiger partial charge >= 0.3 is 5.69 Å². The topological polar surface area (TPSA) is 171 Å². The number of rotatable bonds is 9. The summed E-state index contributed by atoms with van der Waals surface area (Å²) in [6, 6.07) is 14.5. The highest BCUT2D eigenvalue weighted by Crippen LogP contribution is 2.42. The lowest BCUT2D eigenvalue weighted by Crippen LogP contribution is -2.36. The normalized spacial score (nSPS) is 13.8. The van der Waals surface area contributed by atoms with Crippen molar-refractivity contribution in [2.75, 3.05) is 19.0 Å². The lowest BCUT2D eigenvalue weighted by molar-refractivity contribution is -0.394. The van der Waals surface area contributed by atoms with Crippen LogP contribution in [-0.4, -0.2) is 45.5 Å². The Balaban J connectivity index is 1.61. The molecule has 3 amide bonds. The van der Waals surface area contributed by atoms with Gasteiger partial charge in [0.1, 0.15) is 6.54 Å². The third-order valence-corrected chi connectivity index (χ3v) is 6.50. The molecule has 0 atom stereocenters. The van der Waals surface area contributed by atoms with E-state index < -0.39 is 44.8 Å². The lowest BCUT2D eigenvalue weighted by atomic mass is 10.1. The van der Waals surface area contributed by atoms with E-state index in [1.54, 1.807) is 30.3 Å². The van der Waals surface area contributed by atoms with Gasteiger partial charge in [-0.05, 0) is 49.0 Å². The second kappa shape index (κ2) is 11.7. The number of ether oxygens (including phenoxy) is 2. The maximum atomic E-state index is 13.0. The van der Waals surface area contributed by atoms with E-state index in [1.165, 1.54) is 25.3 Å². The molecule has 3 aromatic rings. The van der Waals surface area contributed by atoms with Crippen LogP contribution in [0.15, 0.2) is 65.6 Å². The van der Waals surface area contributed by atoms with Crippen molar-refractivity contribution in [2.24, 2.45) is 0 Å². The van der Waals surface area contributed by atoms with Crippen molar-refractivity contribution in [3.63, 3.8) is 0 Å². The Morgan fingerprint density at radius 2 is 1.75 bits per heavy atom. The fourth-order valence-corrected chi connectivity index (χ4v) is 4.46. The van der Waals surface area contributed by atoms with E-state index in [2.05, 4.69) is 5.32 Å². The molecule has 40 heavy (non-hydrogen) atoms. The second-order valence-corrected chi connectivity index (χ2v) is 9.32. The number of non-ortho nitro benzene ring substituents is 1. The maximum absolute atomic E-state index is 13.0. The Labute approximate surface area is 230 Å². The molecule has 1 aliphatic heterocycles. The van der Waals surface area contributed by atoms with Gasteiger partial charge in [0.2, 0.25) is 11.7 Å². The van der Waals surface area contributed by atoms with Gasteiger partial charge in [0.15, 0.2) is 11.5 Å². The van der Waals surface area contributed by atoms with Crippen molar-refractivity contribution in [3.05, 3.63) is 96.9 Å². The summed E-state index contributed by atoms with van der Waals surface area (Å²) in [5, 5.41) is 24.6. The first kappa shape index (κ1) is 27.8. The summed E-state index contributed by atoms with van der Waals surface area (Å²) in [4.78, 5) is 59.9. The molecule has 0 bridgehead atoms. The molecule has 13 nitrogen and oxygen atoms in total. The Hall–Kier alpha value is -5.24. The van der Waals surface area contributed by atoms with Crippen molar-refractivity contribution in [3.8, 4) is 17.2 Å². The van der Waals surface area contributed by atoms with Crippen LogP contribution in [0.3, 0.4) is 0 Å². The summed E-state index contributed by atoms with van der Waals surface area (Å²) < 4.78 is 11.1. The number of nitro groups is 2. The molecule has 0 spiro atoms. The van der Waals surface area contributed by atoms with Crippen LogP contribution >= 0.6 is 11.8 Å². The largest absolute Gasteiger partial charge is 0.493 e. The number of nitrogens with one attached hydrogen (secondary N) is 1. The van der Waals surface area contributed by atoms with Crippen molar-refractivity contribution >= 4 is 52.0 Å². The number of imide groups is 1. The smallest absolute Gasteiger partial charge is 0.318 e. The van der Waals surface area contributed by atoms with Gasteiger partial charge in [0.25, 0.3) is 16.8 Å². The van der Waals surface area contributed by atoms with Crippen molar-refractivity contribution in [1.29, 1.82) is 0 Å². The number of carbonyl (C=O) groups is 3. The molecular weight excluding hydrogens is 544 g/mol. The molecule has 0 radical (unpaired) electrons. The molecule has 3 aromatic carbocycles. The number of hydrogen-bond acceptors (Lipinski definition) is 10. The van der Waals surface area contributed by atoms with Crippen molar-refractivity contribution < 1.29 is 33.7 Å². The first-order valence-electron chi connectivity index (χ1n) is 11.5. The summed E-state index contributed by atoms with van der Waals surface area (Å²) in [5.41, 5.74) is 0.571. The average Bonchev–Trinajstić information content (AvgIpc) is 3.18. The monoisotopic (exact) mass is 564 g/mol. The SMILES string of the molecule is COc1cccc(/C=C2/SC(=O)N(CC(=O)Nc3ccc(C)cc3)C2=O)c1Oc1ccc([N+](=O)[O-])cc1[N+](=O)[O-]. The van der Waals surface area contributed by atoms with Crippen molar-refractivity contribution in [2.45, 2.75) is 6.92 Å². The van der Waals surface area contributed by atoms with Crippen LogP contribution in [0.25, 0.3) is 6.08 Å². The number of thioether (sulfide) groups is 1. The van der Waals surface area contributed by atoms with E-state index >= 15 is 0 Å². The third-order valence-electron chi connectivity index (χ3n) is 5.59.